The summed E-state index contributed by atoms with van der Waals surface area (Å²) in [5, 5.41) is 0. The molecule has 1 fully saturated rings. The van der Waals surface area contributed by atoms with Crippen molar-refractivity contribution < 1.29 is 9.47 Å². The van der Waals surface area contributed by atoms with Crippen LogP contribution in [-0.4, -0.2) is 18.5 Å². The zero-order chi connectivity index (χ0) is 6.85. The maximum Gasteiger partial charge on any atom is 0.158 e. The van der Waals surface area contributed by atoms with Crippen molar-refractivity contribution in [3.8, 4) is 0 Å². The van der Waals surface area contributed by atoms with Gasteiger partial charge in [0, 0.05) is 0 Å². The van der Waals surface area contributed by atoms with Gasteiger partial charge in [0.1, 0.15) is 0 Å². The molecule has 0 amide bonds. The molecule has 0 bridgehead atoms. The Balaban J connectivity index is 2.35. The standard InChI is InChI=1S/C7H14O2/c1-4-7-8-5(2)6(3)9-7/h5-7H,4H2,1-3H3/t5-,6?,7?/m0/s1. The molecular formula is C7H14O2. The third-order valence-corrected chi connectivity index (χ3v) is 1.73. The maximum absolute atomic E-state index is 5.40. The Bertz CT molecular complexity index is 82.9. The van der Waals surface area contributed by atoms with Crippen LogP contribution in [0, 0.1) is 0 Å². The second-order valence-corrected chi connectivity index (χ2v) is 2.52. The molecule has 54 valence electrons. The topological polar surface area (TPSA) is 18.5 Å². The summed E-state index contributed by atoms with van der Waals surface area (Å²) < 4.78 is 10.8. The molecule has 2 unspecified atom stereocenters. The fourth-order valence-corrected chi connectivity index (χ4v) is 0.925. The van der Waals surface area contributed by atoms with Crippen LogP contribution in [-0.2, 0) is 9.47 Å². The van der Waals surface area contributed by atoms with Crippen molar-refractivity contribution in [1.82, 2.24) is 0 Å². The van der Waals surface area contributed by atoms with Crippen LogP contribution in [0.4, 0.5) is 0 Å². The molecule has 0 aromatic rings. The highest BCUT2D eigenvalue weighted by atomic mass is 16.7. The number of rotatable bonds is 1. The molecule has 2 nitrogen and oxygen atoms in total. The van der Waals surface area contributed by atoms with Crippen molar-refractivity contribution in [1.29, 1.82) is 0 Å². The molecule has 0 aromatic carbocycles. The third-order valence-electron chi connectivity index (χ3n) is 1.73. The normalized spacial score (nSPS) is 43.7. The molecule has 0 saturated carbocycles. The van der Waals surface area contributed by atoms with E-state index in [0.29, 0.717) is 0 Å². The predicted molar refractivity (Wildman–Crippen MR) is 35.2 cm³/mol. The third kappa shape index (κ3) is 1.43. The van der Waals surface area contributed by atoms with Gasteiger partial charge in [-0.1, -0.05) is 6.92 Å². The molecule has 3 atom stereocenters. The fourth-order valence-electron chi connectivity index (χ4n) is 0.925. The van der Waals surface area contributed by atoms with E-state index in [1.807, 2.05) is 13.8 Å². The van der Waals surface area contributed by atoms with Gasteiger partial charge in [-0.15, -0.1) is 0 Å². The lowest BCUT2D eigenvalue weighted by molar-refractivity contribution is -0.0635. The minimum absolute atomic E-state index is 0.0509. The lowest BCUT2D eigenvalue weighted by Gasteiger charge is -2.03. The van der Waals surface area contributed by atoms with E-state index in [-0.39, 0.29) is 18.5 Å². The Kier molecular flexibility index (Phi) is 2.09. The molecule has 1 rings (SSSR count). The van der Waals surface area contributed by atoms with Gasteiger partial charge in [0.05, 0.1) is 12.2 Å². The number of hydrogen-bond donors (Lipinski definition) is 0. The van der Waals surface area contributed by atoms with Crippen molar-refractivity contribution in [2.75, 3.05) is 0 Å². The van der Waals surface area contributed by atoms with E-state index in [4.69, 9.17) is 9.47 Å². The Labute approximate surface area is 56.2 Å². The van der Waals surface area contributed by atoms with Crippen LogP contribution in [0.5, 0.6) is 0 Å². The smallest absolute Gasteiger partial charge is 0.158 e. The Morgan fingerprint density at radius 1 is 1.11 bits per heavy atom. The van der Waals surface area contributed by atoms with Gasteiger partial charge in [-0.2, -0.15) is 0 Å². The van der Waals surface area contributed by atoms with E-state index in [0.717, 1.165) is 6.42 Å². The summed E-state index contributed by atoms with van der Waals surface area (Å²) in [5.74, 6) is 0. The zero-order valence-electron chi connectivity index (χ0n) is 6.26. The number of ether oxygens (including phenoxy) is 2. The molecule has 0 aliphatic carbocycles. The summed E-state index contributed by atoms with van der Waals surface area (Å²) in [4.78, 5) is 0. The number of hydrogen-bond acceptors (Lipinski definition) is 2. The summed E-state index contributed by atoms with van der Waals surface area (Å²) in [6, 6.07) is 0. The van der Waals surface area contributed by atoms with E-state index in [2.05, 4.69) is 6.92 Å². The van der Waals surface area contributed by atoms with Crippen LogP contribution < -0.4 is 0 Å². The highest BCUT2D eigenvalue weighted by molar-refractivity contribution is 4.67. The molecule has 0 N–H and O–H groups in total. The summed E-state index contributed by atoms with van der Waals surface area (Å²) in [6.07, 6.45) is 1.55. The Hall–Kier alpha value is -0.0800. The van der Waals surface area contributed by atoms with Gasteiger partial charge >= 0.3 is 0 Å². The second-order valence-electron chi connectivity index (χ2n) is 2.52. The van der Waals surface area contributed by atoms with Gasteiger partial charge in [0.2, 0.25) is 0 Å². The molecule has 1 aliphatic rings. The highest BCUT2D eigenvalue weighted by Crippen LogP contribution is 2.19. The highest BCUT2D eigenvalue weighted by Gasteiger charge is 2.27. The maximum atomic E-state index is 5.40. The van der Waals surface area contributed by atoms with Crippen LogP contribution in [0.2, 0.25) is 0 Å². The first-order valence-electron chi connectivity index (χ1n) is 3.55. The Morgan fingerprint density at radius 3 is 1.78 bits per heavy atom. The molecule has 1 heterocycles. The molecule has 2 heteroatoms. The molecule has 0 aromatic heterocycles. The molecular weight excluding hydrogens is 116 g/mol. The zero-order valence-corrected chi connectivity index (χ0v) is 6.26. The average Bonchev–Trinajstić information content (AvgIpc) is 2.13. The van der Waals surface area contributed by atoms with Crippen molar-refractivity contribution in [3.63, 3.8) is 0 Å². The van der Waals surface area contributed by atoms with Crippen molar-refractivity contribution in [3.05, 3.63) is 0 Å². The SMILES string of the molecule is CCC1OC(C)[C@H](C)O1. The summed E-state index contributed by atoms with van der Waals surface area (Å²) in [5.41, 5.74) is 0. The van der Waals surface area contributed by atoms with Crippen LogP contribution in [0.15, 0.2) is 0 Å². The van der Waals surface area contributed by atoms with Gasteiger partial charge in [-0.3, -0.25) is 0 Å². The molecule has 0 radical (unpaired) electrons. The summed E-state index contributed by atoms with van der Waals surface area (Å²) >= 11 is 0. The average molecular weight is 130 g/mol. The van der Waals surface area contributed by atoms with Crippen LogP contribution in [0.1, 0.15) is 27.2 Å². The Morgan fingerprint density at radius 2 is 1.56 bits per heavy atom. The summed E-state index contributed by atoms with van der Waals surface area (Å²) in [6.45, 7) is 6.15. The first-order chi connectivity index (χ1) is 4.24. The van der Waals surface area contributed by atoms with Crippen molar-refractivity contribution >= 4 is 0 Å². The van der Waals surface area contributed by atoms with Gasteiger partial charge in [0.15, 0.2) is 6.29 Å². The first kappa shape index (κ1) is 7.03. The van der Waals surface area contributed by atoms with E-state index in [9.17, 15) is 0 Å². The van der Waals surface area contributed by atoms with Gasteiger partial charge < -0.3 is 9.47 Å². The largest absolute Gasteiger partial charge is 0.347 e. The van der Waals surface area contributed by atoms with E-state index in [1.54, 1.807) is 0 Å². The fraction of sp³-hybridized carbons (Fsp3) is 1.00. The van der Waals surface area contributed by atoms with Crippen molar-refractivity contribution in [2.24, 2.45) is 0 Å². The van der Waals surface area contributed by atoms with Crippen LogP contribution >= 0.6 is 0 Å². The summed E-state index contributed by atoms with van der Waals surface area (Å²) in [7, 11) is 0. The van der Waals surface area contributed by atoms with Gasteiger partial charge in [-0.25, -0.2) is 0 Å². The van der Waals surface area contributed by atoms with Crippen LogP contribution in [0.3, 0.4) is 0 Å². The molecule has 1 saturated heterocycles. The minimum Gasteiger partial charge on any atom is -0.347 e. The van der Waals surface area contributed by atoms with E-state index < -0.39 is 0 Å². The monoisotopic (exact) mass is 130 g/mol. The molecule has 1 aliphatic heterocycles. The lowest BCUT2D eigenvalue weighted by atomic mass is 10.3. The lowest BCUT2D eigenvalue weighted by Crippen LogP contribution is -2.13. The molecule has 0 spiro atoms. The van der Waals surface area contributed by atoms with E-state index >= 15 is 0 Å². The predicted octanol–water partition coefficient (Wildman–Crippen LogP) is 1.55. The van der Waals surface area contributed by atoms with Gasteiger partial charge in [-0.05, 0) is 20.3 Å². The molecule has 9 heavy (non-hydrogen) atoms. The minimum atomic E-state index is 0.0509. The van der Waals surface area contributed by atoms with E-state index in [1.165, 1.54) is 0 Å². The van der Waals surface area contributed by atoms with Crippen molar-refractivity contribution in [2.45, 2.75) is 45.7 Å². The second kappa shape index (κ2) is 2.67. The van der Waals surface area contributed by atoms with Crippen LogP contribution in [0.25, 0.3) is 0 Å². The quantitative estimate of drug-likeness (QED) is 0.536. The first-order valence-corrected chi connectivity index (χ1v) is 3.55. The van der Waals surface area contributed by atoms with Gasteiger partial charge in [0.25, 0.3) is 0 Å².